The highest BCUT2D eigenvalue weighted by Gasteiger charge is 2.36. The van der Waals surface area contributed by atoms with E-state index in [1.54, 1.807) is 33.9 Å². The average molecular weight is 774 g/mol. The third-order valence-corrected chi connectivity index (χ3v) is 7.40. The minimum Gasteiger partial charge on any atom is -0.298 e. The van der Waals surface area contributed by atoms with E-state index in [-0.39, 0.29) is 41.1 Å². The number of nitrogens with one attached hydrogen (secondary N) is 1. The number of aromatic nitrogens is 4. The molecule has 4 rings (SSSR count). The number of alkyl halides is 7. The first-order valence-electron chi connectivity index (χ1n) is 14.3. The lowest BCUT2D eigenvalue weighted by Crippen LogP contribution is -2.37. The molecule has 0 saturated carbocycles. The van der Waals surface area contributed by atoms with Crippen molar-refractivity contribution in [3.8, 4) is 12.1 Å². The van der Waals surface area contributed by atoms with Crippen LogP contribution in [0.5, 0.6) is 0 Å². The fourth-order valence-electron chi connectivity index (χ4n) is 3.96. The minimum atomic E-state index is -4.67. The van der Waals surface area contributed by atoms with Gasteiger partial charge in [0.2, 0.25) is 0 Å². The highest BCUT2D eigenvalue weighted by molar-refractivity contribution is 9.10. The molecule has 4 aromatic rings. The number of nitrogens with zero attached hydrogens (tertiary/aromatic N) is 7. The van der Waals surface area contributed by atoms with Crippen molar-refractivity contribution >= 4 is 38.9 Å². The number of Topliss-reactive ketones (excluding diaryl/α,β-unsaturated/α-hetero) is 2. The van der Waals surface area contributed by atoms with Crippen molar-refractivity contribution in [2.75, 3.05) is 0 Å². The molecule has 1 N–H and O–H groups in total. The van der Waals surface area contributed by atoms with Gasteiger partial charge in [0.1, 0.15) is 17.7 Å². The summed E-state index contributed by atoms with van der Waals surface area (Å²) in [7, 11) is 0. The Labute approximate surface area is 297 Å². The first-order valence-corrected chi connectivity index (χ1v) is 15.1. The van der Waals surface area contributed by atoms with Crippen LogP contribution in [0.15, 0.2) is 61.2 Å². The summed E-state index contributed by atoms with van der Waals surface area (Å²) in [6, 6.07) is 10.4. The summed E-state index contributed by atoms with van der Waals surface area (Å²) in [6.07, 6.45) is -3.90. The monoisotopic (exact) mass is 772 g/mol. The van der Waals surface area contributed by atoms with Gasteiger partial charge in [0.05, 0.1) is 52.1 Å². The lowest BCUT2D eigenvalue weighted by atomic mass is 9.93. The molecule has 17 heteroatoms. The van der Waals surface area contributed by atoms with E-state index < -0.39 is 44.7 Å². The van der Waals surface area contributed by atoms with Crippen LogP contribution in [0.1, 0.15) is 61.1 Å². The Hall–Kier alpha value is -5.78. The normalized spacial score (nSPS) is 11.3. The zero-order chi connectivity index (χ0) is 38.8. The number of ketones is 2. The molecule has 0 fully saturated rings. The Morgan fingerprint density at radius 2 is 1.29 bits per heavy atom. The molecule has 51 heavy (non-hydrogen) atoms. The quantitative estimate of drug-likeness (QED) is 0.113. The van der Waals surface area contributed by atoms with E-state index in [1.165, 1.54) is 35.4 Å². The molecular weight excluding hydrogens is 746 g/mol. The third-order valence-electron chi connectivity index (χ3n) is 6.96. The van der Waals surface area contributed by atoms with Gasteiger partial charge in [0.15, 0.2) is 22.9 Å². The molecule has 0 unspecified atom stereocenters. The van der Waals surface area contributed by atoms with Crippen molar-refractivity contribution in [1.82, 2.24) is 20.0 Å². The van der Waals surface area contributed by atoms with Crippen LogP contribution < -0.4 is 0 Å². The standard InChI is InChI=1S/C17H13F3N4O.C13H11BrF3NO.C4H3N3/c1-16(2,24-10-12(8-21)9-23-24)15(25)7-11-4-5-14(22-3)13(6-11)17(18,19)20;1-12(2,14)11(19)7-8-4-5-10(18-3)9(6-8)13(15,16)17;5-1-4-2-6-7-3-4/h4-6,9-10H,7H2,1-2H3;4-6H,7H2,1-2H3;2-3H,(H,6,7). The summed E-state index contributed by atoms with van der Waals surface area (Å²) in [5, 5.41) is 27.0. The van der Waals surface area contributed by atoms with Crippen molar-refractivity contribution < 1.29 is 35.9 Å². The molecule has 0 radical (unpaired) electrons. The molecule has 264 valence electrons. The lowest BCUT2D eigenvalue weighted by molar-refractivity contribution is -0.137. The smallest absolute Gasteiger partial charge is 0.298 e. The summed E-state index contributed by atoms with van der Waals surface area (Å²) >= 11 is 3.17. The van der Waals surface area contributed by atoms with E-state index in [0.29, 0.717) is 5.56 Å². The summed E-state index contributed by atoms with van der Waals surface area (Å²) in [5.74, 6) is -0.597. The maximum atomic E-state index is 13.0. The number of carbonyl (C=O) groups excluding carboxylic acids is 2. The van der Waals surface area contributed by atoms with Crippen molar-refractivity contribution in [2.45, 2.75) is 62.8 Å². The average Bonchev–Trinajstić information content (AvgIpc) is 3.77. The van der Waals surface area contributed by atoms with E-state index in [2.05, 4.69) is 40.9 Å². The van der Waals surface area contributed by atoms with Crippen LogP contribution in [-0.2, 0) is 40.3 Å². The summed E-state index contributed by atoms with van der Waals surface area (Å²) in [6.45, 7) is 20.0. The first-order chi connectivity index (χ1) is 23.6. The van der Waals surface area contributed by atoms with Gasteiger partial charge in [-0.25, -0.2) is 9.69 Å². The van der Waals surface area contributed by atoms with Crippen molar-refractivity contribution in [3.63, 3.8) is 0 Å². The minimum absolute atomic E-state index is 0.111. The number of halogens is 7. The Morgan fingerprint density at radius 3 is 1.63 bits per heavy atom. The maximum Gasteiger partial charge on any atom is 0.407 e. The number of carbonyl (C=O) groups is 2. The van der Waals surface area contributed by atoms with Crippen LogP contribution in [0.2, 0.25) is 0 Å². The van der Waals surface area contributed by atoms with Gasteiger partial charge in [-0.2, -0.15) is 47.1 Å². The van der Waals surface area contributed by atoms with Crippen LogP contribution in [-0.4, -0.2) is 35.9 Å². The molecule has 0 atom stereocenters. The number of hydrogen-bond acceptors (Lipinski definition) is 6. The second-order valence-electron chi connectivity index (χ2n) is 11.5. The molecule has 0 bridgehead atoms. The number of benzene rings is 2. The van der Waals surface area contributed by atoms with E-state index in [4.69, 9.17) is 23.7 Å². The molecule has 0 saturated heterocycles. The van der Waals surface area contributed by atoms with Crippen LogP contribution in [0.4, 0.5) is 37.7 Å². The Bertz CT molecular complexity index is 2030. The van der Waals surface area contributed by atoms with Crippen molar-refractivity contribution in [2.24, 2.45) is 0 Å². The first kappa shape index (κ1) is 41.4. The molecule has 0 aliphatic rings. The van der Waals surface area contributed by atoms with Gasteiger partial charge in [-0.1, -0.05) is 52.3 Å². The van der Waals surface area contributed by atoms with Gasteiger partial charge in [0, 0.05) is 25.2 Å². The predicted octanol–water partition coefficient (Wildman–Crippen LogP) is 8.69. The van der Waals surface area contributed by atoms with Crippen LogP contribution in [0, 0.1) is 35.8 Å². The van der Waals surface area contributed by atoms with Crippen LogP contribution in [0.3, 0.4) is 0 Å². The van der Waals surface area contributed by atoms with E-state index in [1.807, 2.05) is 12.1 Å². The Balaban J connectivity index is 0.000000304. The topological polar surface area (TPSA) is 137 Å². The molecule has 0 aliphatic carbocycles. The van der Waals surface area contributed by atoms with Gasteiger partial charge < -0.3 is 0 Å². The van der Waals surface area contributed by atoms with Gasteiger partial charge in [-0.05, 0) is 38.8 Å². The molecule has 0 amide bonds. The number of H-pyrrole nitrogens is 1. The van der Waals surface area contributed by atoms with Crippen molar-refractivity contribution in [3.05, 3.63) is 117 Å². The molecule has 10 nitrogen and oxygen atoms in total. The molecule has 2 heterocycles. The largest absolute Gasteiger partial charge is 0.407 e. The second-order valence-corrected chi connectivity index (χ2v) is 13.5. The van der Waals surface area contributed by atoms with E-state index >= 15 is 0 Å². The highest BCUT2D eigenvalue weighted by atomic mass is 79.9. The third kappa shape index (κ3) is 11.7. The molecular formula is C34H27BrF6N8O2. The van der Waals surface area contributed by atoms with Gasteiger partial charge in [-0.3, -0.25) is 19.4 Å². The van der Waals surface area contributed by atoms with Gasteiger partial charge in [-0.15, -0.1) is 0 Å². The zero-order valence-electron chi connectivity index (χ0n) is 27.3. The SMILES string of the molecule is N#Cc1cn[nH]c1.[C-]#[N+]c1ccc(CC(=O)C(C)(C)Br)cc1C(F)(F)F.[C-]#[N+]c1ccc(CC(=O)C(C)(C)n2cc(C#N)cn2)cc1C(F)(F)F. The fourth-order valence-corrected chi connectivity index (χ4v) is 4.10. The Morgan fingerprint density at radius 1 is 0.824 bits per heavy atom. The van der Waals surface area contributed by atoms with Gasteiger partial charge >= 0.3 is 12.4 Å². The molecule has 2 aromatic heterocycles. The lowest BCUT2D eigenvalue weighted by Gasteiger charge is -2.24. The maximum absolute atomic E-state index is 13.0. The summed E-state index contributed by atoms with van der Waals surface area (Å²) < 4.78 is 77.8. The van der Waals surface area contributed by atoms with E-state index in [0.717, 1.165) is 24.3 Å². The summed E-state index contributed by atoms with van der Waals surface area (Å²) in [4.78, 5) is 30.0. The Kier molecular flexibility index (Phi) is 13.6. The second kappa shape index (κ2) is 16.8. The number of aromatic amines is 1. The van der Waals surface area contributed by atoms with Crippen molar-refractivity contribution in [1.29, 1.82) is 10.5 Å². The molecule has 2 aromatic carbocycles. The van der Waals surface area contributed by atoms with Crippen LogP contribution in [0.25, 0.3) is 9.69 Å². The highest BCUT2D eigenvalue weighted by Crippen LogP contribution is 2.38. The van der Waals surface area contributed by atoms with Gasteiger partial charge in [0.25, 0.3) is 0 Å². The predicted molar refractivity (Wildman–Crippen MR) is 175 cm³/mol. The molecule has 0 aliphatic heterocycles. The number of hydrogen-bond donors (Lipinski definition) is 1. The van der Waals surface area contributed by atoms with E-state index in [9.17, 15) is 35.9 Å². The number of nitriles is 2. The number of rotatable bonds is 7. The zero-order valence-corrected chi connectivity index (χ0v) is 28.9. The summed E-state index contributed by atoms with van der Waals surface area (Å²) in [5.41, 5.74) is -2.90. The van der Waals surface area contributed by atoms with Crippen LogP contribution >= 0.6 is 15.9 Å². The molecule has 0 spiro atoms. The fraction of sp³-hybridized carbons (Fsp3) is 0.294.